The average Bonchev–Trinajstić information content (AvgIpc) is 3.08. The van der Waals surface area contributed by atoms with E-state index in [9.17, 15) is 9.59 Å². The SMILES string of the molecule is CN1C(=O)C[C@@H](C(=O)N2CCCCC2)[C@@H]1c1cccs1. The molecular formula is C15H20N2O2S. The van der Waals surface area contributed by atoms with E-state index >= 15 is 0 Å². The predicted molar refractivity (Wildman–Crippen MR) is 78.4 cm³/mol. The van der Waals surface area contributed by atoms with Gasteiger partial charge in [0, 0.05) is 31.4 Å². The lowest BCUT2D eigenvalue weighted by Gasteiger charge is -2.31. The lowest BCUT2D eigenvalue weighted by molar-refractivity contribution is -0.137. The van der Waals surface area contributed by atoms with E-state index in [0.717, 1.165) is 30.8 Å². The van der Waals surface area contributed by atoms with Crippen molar-refractivity contribution in [3.63, 3.8) is 0 Å². The Bertz CT molecular complexity index is 494. The summed E-state index contributed by atoms with van der Waals surface area (Å²) in [7, 11) is 1.82. The fraction of sp³-hybridized carbons (Fsp3) is 0.600. The summed E-state index contributed by atoms with van der Waals surface area (Å²) in [5.74, 6) is 0.0452. The predicted octanol–water partition coefficient (Wildman–Crippen LogP) is 2.28. The molecule has 3 rings (SSSR count). The summed E-state index contributed by atoms with van der Waals surface area (Å²) in [6.07, 6.45) is 3.74. The summed E-state index contributed by atoms with van der Waals surface area (Å²) < 4.78 is 0. The summed E-state index contributed by atoms with van der Waals surface area (Å²) in [6.45, 7) is 1.70. The number of thiophene rings is 1. The van der Waals surface area contributed by atoms with Crippen LogP contribution in [0.4, 0.5) is 0 Å². The van der Waals surface area contributed by atoms with Gasteiger partial charge in [0.1, 0.15) is 0 Å². The second-order valence-electron chi connectivity index (χ2n) is 5.66. The number of rotatable bonds is 2. The monoisotopic (exact) mass is 292 g/mol. The van der Waals surface area contributed by atoms with Crippen LogP contribution in [0.5, 0.6) is 0 Å². The number of carbonyl (C=O) groups excluding carboxylic acids is 2. The molecule has 20 heavy (non-hydrogen) atoms. The highest BCUT2D eigenvalue weighted by atomic mass is 32.1. The second-order valence-corrected chi connectivity index (χ2v) is 6.64. The minimum absolute atomic E-state index is 0.0723. The van der Waals surface area contributed by atoms with Crippen LogP contribution >= 0.6 is 11.3 Å². The van der Waals surface area contributed by atoms with Crippen molar-refractivity contribution in [1.82, 2.24) is 9.80 Å². The summed E-state index contributed by atoms with van der Waals surface area (Å²) in [4.78, 5) is 29.6. The van der Waals surface area contributed by atoms with Gasteiger partial charge in [0.05, 0.1) is 12.0 Å². The van der Waals surface area contributed by atoms with Gasteiger partial charge in [-0.25, -0.2) is 0 Å². The molecule has 0 radical (unpaired) electrons. The summed E-state index contributed by atoms with van der Waals surface area (Å²) in [5, 5.41) is 2.01. The minimum atomic E-state index is -0.204. The molecule has 1 aromatic rings. The fourth-order valence-electron chi connectivity index (χ4n) is 3.29. The quantitative estimate of drug-likeness (QED) is 0.839. The molecule has 0 N–H and O–H groups in total. The minimum Gasteiger partial charge on any atom is -0.342 e. The van der Waals surface area contributed by atoms with Gasteiger partial charge in [-0.1, -0.05) is 6.07 Å². The third-order valence-corrected chi connectivity index (χ3v) is 5.35. The highest BCUT2D eigenvalue weighted by Crippen LogP contribution is 2.40. The Morgan fingerprint density at radius 2 is 2.05 bits per heavy atom. The zero-order valence-corrected chi connectivity index (χ0v) is 12.6. The van der Waals surface area contributed by atoms with E-state index in [1.807, 2.05) is 29.5 Å². The van der Waals surface area contributed by atoms with Crippen molar-refractivity contribution in [3.8, 4) is 0 Å². The van der Waals surface area contributed by atoms with Gasteiger partial charge >= 0.3 is 0 Å². The van der Waals surface area contributed by atoms with Gasteiger partial charge in [0.2, 0.25) is 11.8 Å². The molecular weight excluding hydrogens is 272 g/mol. The van der Waals surface area contributed by atoms with Gasteiger partial charge in [-0.15, -0.1) is 11.3 Å². The summed E-state index contributed by atoms with van der Waals surface area (Å²) in [6, 6.07) is 3.94. The van der Waals surface area contributed by atoms with E-state index < -0.39 is 0 Å². The summed E-state index contributed by atoms with van der Waals surface area (Å²) >= 11 is 1.63. The molecule has 2 aliphatic heterocycles. The smallest absolute Gasteiger partial charge is 0.228 e. The third kappa shape index (κ3) is 2.35. The highest BCUT2D eigenvalue weighted by molar-refractivity contribution is 7.10. The van der Waals surface area contributed by atoms with Crippen molar-refractivity contribution in [2.24, 2.45) is 5.92 Å². The molecule has 4 nitrogen and oxygen atoms in total. The third-order valence-electron chi connectivity index (χ3n) is 4.41. The molecule has 108 valence electrons. The maximum absolute atomic E-state index is 12.7. The van der Waals surface area contributed by atoms with E-state index in [2.05, 4.69) is 0 Å². The highest BCUT2D eigenvalue weighted by Gasteiger charge is 2.44. The standard InChI is InChI=1S/C15H20N2O2S/c1-16-13(18)10-11(14(16)12-6-5-9-20-12)15(19)17-7-3-2-4-8-17/h5-6,9,11,14H,2-4,7-8,10H2,1H3/t11-,14-/m1/s1. The molecule has 3 heterocycles. The van der Waals surface area contributed by atoms with Gasteiger partial charge < -0.3 is 9.80 Å². The van der Waals surface area contributed by atoms with Crippen LogP contribution in [0.15, 0.2) is 17.5 Å². The lowest BCUT2D eigenvalue weighted by atomic mass is 9.96. The first-order chi connectivity index (χ1) is 9.68. The number of nitrogens with zero attached hydrogens (tertiary/aromatic N) is 2. The zero-order valence-electron chi connectivity index (χ0n) is 11.7. The van der Waals surface area contributed by atoms with Gasteiger partial charge in [0.15, 0.2) is 0 Å². The van der Waals surface area contributed by atoms with Crippen molar-refractivity contribution >= 4 is 23.2 Å². The molecule has 0 aromatic carbocycles. The molecule has 0 aliphatic carbocycles. The van der Waals surface area contributed by atoms with Crippen LogP contribution in [0.25, 0.3) is 0 Å². The van der Waals surface area contributed by atoms with Crippen LogP contribution < -0.4 is 0 Å². The molecule has 2 fully saturated rings. The Kier molecular flexibility index (Phi) is 3.78. The van der Waals surface area contributed by atoms with Gasteiger partial charge in [-0.2, -0.15) is 0 Å². The van der Waals surface area contributed by atoms with Crippen LogP contribution in [-0.2, 0) is 9.59 Å². The Labute approximate surface area is 123 Å². The first-order valence-corrected chi connectivity index (χ1v) is 8.14. The van der Waals surface area contributed by atoms with Crippen molar-refractivity contribution in [3.05, 3.63) is 22.4 Å². The van der Waals surface area contributed by atoms with Crippen molar-refractivity contribution in [2.75, 3.05) is 20.1 Å². The number of piperidine rings is 1. The van der Waals surface area contributed by atoms with Gasteiger partial charge in [-0.05, 0) is 30.7 Å². The number of hydrogen-bond donors (Lipinski definition) is 0. The van der Waals surface area contributed by atoms with Crippen molar-refractivity contribution in [2.45, 2.75) is 31.7 Å². The molecule has 2 saturated heterocycles. The molecule has 2 aliphatic rings. The van der Waals surface area contributed by atoms with Crippen LogP contribution in [0, 0.1) is 5.92 Å². The van der Waals surface area contributed by atoms with Crippen molar-refractivity contribution in [1.29, 1.82) is 0 Å². The van der Waals surface area contributed by atoms with Gasteiger partial charge in [-0.3, -0.25) is 9.59 Å². The molecule has 1 aromatic heterocycles. The van der Waals surface area contributed by atoms with E-state index in [1.54, 1.807) is 16.2 Å². The molecule has 0 unspecified atom stereocenters. The van der Waals surface area contributed by atoms with Crippen LogP contribution in [0.3, 0.4) is 0 Å². The van der Waals surface area contributed by atoms with E-state index in [4.69, 9.17) is 0 Å². The lowest BCUT2D eigenvalue weighted by Crippen LogP contribution is -2.41. The first-order valence-electron chi connectivity index (χ1n) is 7.26. The summed E-state index contributed by atoms with van der Waals surface area (Å²) in [5.41, 5.74) is 0. The largest absolute Gasteiger partial charge is 0.342 e. The first kappa shape index (κ1) is 13.6. The maximum atomic E-state index is 12.7. The average molecular weight is 292 g/mol. The fourth-order valence-corrected chi connectivity index (χ4v) is 4.22. The number of amides is 2. The Hall–Kier alpha value is -1.36. The molecule has 0 spiro atoms. The van der Waals surface area contributed by atoms with Crippen LogP contribution in [0.1, 0.15) is 36.6 Å². The Balaban J connectivity index is 1.83. The maximum Gasteiger partial charge on any atom is 0.228 e. The number of hydrogen-bond acceptors (Lipinski definition) is 3. The Morgan fingerprint density at radius 1 is 1.30 bits per heavy atom. The van der Waals surface area contributed by atoms with Crippen molar-refractivity contribution < 1.29 is 9.59 Å². The molecule has 2 amide bonds. The van der Waals surface area contributed by atoms with E-state index in [0.29, 0.717) is 6.42 Å². The van der Waals surface area contributed by atoms with E-state index in [-0.39, 0.29) is 23.8 Å². The number of carbonyl (C=O) groups is 2. The van der Waals surface area contributed by atoms with Crippen LogP contribution in [-0.4, -0.2) is 41.8 Å². The topological polar surface area (TPSA) is 40.6 Å². The van der Waals surface area contributed by atoms with E-state index in [1.165, 1.54) is 6.42 Å². The molecule has 5 heteroatoms. The normalized spacial score (nSPS) is 27.1. The van der Waals surface area contributed by atoms with Crippen LogP contribution in [0.2, 0.25) is 0 Å². The van der Waals surface area contributed by atoms with Gasteiger partial charge in [0.25, 0.3) is 0 Å². The molecule has 0 bridgehead atoms. The molecule has 0 saturated carbocycles. The molecule has 2 atom stereocenters. The number of likely N-dealkylation sites (tertiary alicyclic amines) is 2. The second kappa shape index (κ2) is 5.56. The Morgan fingerprint density at radius 3 is 2.70 bits per heavy atom. The zero-order chi connectivity index (χ0) is 14.1.